The SMILES string of the molecule is O=C(/C=C/c1ccc(Cl)s1)c1cccc(F)c1. The molecule has 4 heteroatoms. The molecule has 0 fully saturated rings. The third-order valence-corrected chi connectivity index (χ3v) is 3.30. The standard InChI is InChI=1S/C13H8ClFOS/c14-13-7-5-11(17-13)4-6-12(16)9-2-1-3-10(15)8-9/h1-8H/b6-4+. The van der Waals surface area contributed by atoms with Crippen LogP contribution in [0.3, 0.4) is 0 Å². The molecule has 0 N–H and O–H groups in total. The van der Waals surface area contributed by atoms with Gasteiger partial charge in [0, 0.05) is 10.4 Å². The van der Waals surface area contributed by atoms with Gasteiger partial charge in [-0.05, 0) is 36.4 Å². The van der Waals surface area contributed by atoms with Gasteiger partial charge >= 0.3 is 0 Å². The van der Waals surface area contributed by atoms with E-state index >= 15 is 0 Å². The van der Waals surface area contributed by atoms with Gasteiger partial charge in [0.15, 0.2) is 5.78 Å². The topological polar surface area (TPSA) is 17.1 Å². The van der Waals surface area contributed by atoms with E-state index in [4.69, 9.17) is 11.6 Å². The van der Waals surface area contributed by atoms with Crippen LogP contribution >= 0.6 is 22.9 Å². The Bertz CT molecular complexity index is 574. The number of hydrogen-bond donors (Lipinski definition) is 0. The Morgan fingerprint density at radius 2 is 2.12 bits per heavy atom. The summed E-state index contributed by atoms with van der Waals surface area (Å²) in [5.74, 6) is -0.641. The first kappa shape index (κ1) is 12.0. The van der Waals surface area contributed by atoms with Crippen molar-refractivity contribution in [3.63, 3.8) is 0 Å². The number of rotatable bonds is 3. The largest absolute Gasteiger partial charge is 0.289 e. The van der Waals surface area contributed by atoms with Crippen LogP contribution in [-0.2, 0) is 0 Å². The predicted molar refractivity (Wildman–Crippen MR) is 69.1 cm³/mol. The first-order valence-corrected chi connectivity index (χ1v) is 6.08. The molecule has 0 aliphatic rings. The van der Waals surface area contributed by atoms with E-state index in [0.29, 0.717) is 9.90 Å². The van der Waals surface area contributed by atoms with E-state index in [-0.39, 0.29) is 5.78 Å². The van der Waals surface area contributed by atoms with E-state index in [0.717, 1.165) is 4.88 Å². The highest BCUT2D eigenvalue weighted by Gasteiger charge is 2.02. The lowest BCUT2D eigenvalue weighted by atomic mass is 10.1. The summed E-state index contributed by atoms with van der Waals surface area (Å²) in [6.45, 7) is 0. The minimum absolute atomic E-state index is 0.228. The maximum atomic E-state index is 12.9. The molecule has 0 bridgehead atoms. The number of halogens is 2. The molecule has 86 valence electrons. The molecule has 0 aliphatic carbocycles. The van der Waals surface area contributed by atoms with Crippen LogP contribution in [0.4, 0.5) is 4.39 Å². The van der Waals surface area contributed by atoms with Gasteiger partial charge in [0.25, 0.3) is 0 Å². The third-order valence-electron chi connectivity index (χ3n) is 2.10. The highest BCUT2D eigenvalue weighted by Crippen LogP contribution is 2.22. The number of allylic oxidation sites excluding steroid dienone is 1. The van der Waals surface area contributed by atoms with Crippen LogP contribution in [0.1, 0.15) is 15.2 Å². The zero-order valence-corrected chi connectivity index (χ0v) is 10.3. The summed E-state index contributed by atoms with van der Waals surface area (Å²) in [5, 5.41) is 0. The molecule has 0 atom stereocenters. The summed E-state index contributed by atoms with van der Waals surface area (Å²) in [4.78, 5) is 12.6. The number of ketones is 1. The summed E-state index contributed by atoms with van der Waals surface area (Å²) < 4.78 is 13.6. The van der Waals surface area contributed by atoms with Gasteiger partial charge in [-0.15, -0.1) is 11.3 Å². The van der Waals surface area contributed by atoms with Crippen LogP contribution in [0.15, 0.2) is 42.5 Å². The minimum atomic E-state index is -0.414. The van der Waals surface area contributed by atoms with Crippen molar-refractivity contribution in [2.75, 3.05) is 0 Å². The third kappa shape index (κ3) is 3.25. The van der Waals surface area contributed by atoms with Gasteiger partial charge in [-0.25, -0.2) is 4.39 Å². The fourth-order valence-electron chi connectivity index (χ4n) is 1.31. The van der Waals surface area contributed by atoms with Crippen LogP contribution in [0.5, 0.6) is 0 Å². The minimum Gasteiger partial charge on any atom is -0.289 e. The number of carbonyl (C=O) groups is 1. The smallest absolute Gasteiger partial charge is 0.185 e. The highest BCUT2D eigenvalue weighted by molar-refractivity contribution is 7.17. The molecule has 0 saturated carbocycles. The average Bonchev–Trinajstić information content (AvgIpc) is 2.72. The quantitative estimate of drug-likeness (QED) is 0.593. The molecular weight excluding hydrogens is 259 g/mol. The Balaban J connectivity index is 2.14. The van der Waals surface area contributed by atoms with Gasteiger partial charge in [-0.1, -0.05) is 23.7 Å². The summed E-state index contributed by atoms with van der Waals surface area (Å²) in [7, 11) is 0. The second-order valence-electron chi connectivity index (χ2n) is 3.35. The molecule has 0 amide bonds. The molecule has 1 aromatic carbocycles. The van der Waals surface area contributed by atoms with E-state index < -0.39 is 5.82 Å². The Kier molecular flexibility index (Phi) is 3.71. The van der Waals surface area contributed by atoms with Crippen LogP contribution < -0.4 is 0 Å². The number of carbonyl (C=O) groups excluding carboxylic acids is 1. The second kappa shape index (κ2) is 5.25. The van der Waals surface area contributed by atoms with E-state index in [1.807, 2.05) is 6.07 Å². The zero-order valence-electron chi connectivity index (χ0n) is 8.69. The van der Waals surface area contributed by atoms with Crippen molar-refractivity contribution < 1.29 is 9.18 Å². The van der Waals surface area contributed by atoms with Crippen LogP contribution in [0, 0.1) is 5.82 Å². The van der Waals surface area contributed by atoms with Crippen molar-refractivity contribution in [1.29, 1.82) is 0 Å². The van der Waals surface area contributed by atoms with Gasteiger partial charge in [0.2, 0.25) is 0 Å². The summed E-state index contributed by atoms with van der Waals surface area (Å²) in [5.41, 5.74) is 0.337. The molecule has 0 radical (unpaired) electrons. The Hall–Kier alpha value is -1.45. The highest BCUT2D eigenvalue weighted by atomic mass is 35.5. The Labute approximate surface area is 107 Å². The Morgan fingerprint density at radius 3 is 2.76 bits per heavy atom. The number of benzene rings is 1. The van der Waals surface area contributed by atoms with E-state index in [9.17, 15) is 9.18 Å². The molecule has 1 nitrogen and oxygen atoms in total. The molecule has 17 heavy (non-hydrogen) atoms. The monoisotopic (exact) mass is 266 g/mol. The van der Waals surface area contributed by atoms with Crippen molar-refractivity contribution >= 4 is 34.8 Å². The number of hydrogen-bond acceptors (Lipinski definition) is 2. The molecular formula is C13H8ClFOS. The van der Waals surface area contributed by atoms with Gasteiger partial charge in [-0.3, -0.25) is 4.79 Å². The molecule has 0 spiro atoms. The molecule has 0 saturated heterocycles. The van der Waals surface area contributed by atoms with Crippen molar-refractivity contribution in [2.45, 2.75) is 0 Å². The van der Waals surface area contributed by atoms with E-state index in [1.54, 1.807) is 18.2 Å². The van der Waals surface area contributed by atoms with Gasteiger partial charge in [-0.2, -0.15) is 0 Å². The van der Waals surface area contributed by atoms with Crippen LogP contribution in [0.2, 0.25) is 4.34 Å². The van der Waals surface area contributed by atoms with Crippen molar-refractivity contribution in [2.24, 2.45) is 0 Å². The molecule has 0 aliphatic heterocycles. The van der Waals surface area contributed by atoms with Gasteiger partial charge in [0.05, 0.1) is 4.34 Å². The van der Waals surface area contributed by atoms with Crippen molar-refractivity contribution in [3.8, 4) is 0 Å². The van der Waals surface area contributed by atoms with E-state index in [2.05, 4.69) is 0 Å². The van der Waals surface area contributed by atoms with E-state index in [1.165, 1.54) is 35.6 Å². The maximum absolute atomic E-state index is 12.9. The summed E-state index contributed by atoms with van der Waals surface area (Å²) in [6.07, 6.45) is 3.08. The zero-order chi connectivity index (χ0) is 12.3. The van der Waals surface area contributed by atoms with Crippen molar-refractivity contribution in [3.05, 3.63) is 63.1 Å². The first-order valence-electron chi connectivity index (χ1n) is 4.88. The summed E-state index contributed by atoms with van der Waals surface area (Å²) in [6, 6.07) is 9.20. The summed E-state index contributed by atoms with van der Waals surface area (Å²) >= 11 is 7.14. The lowest BCUT2D eigenvalue weighted by Crippen LogP contribution is -1.94. The molecule has 1 aromatic heterocycles. The van der Waals surface area contributed by atoms with Crippen molar-refractivity contribution in [1.82, 2.24) is 0 Å². The molecule has 2 aromatic rings. The molecule has 0 unspecified atom stereocenters. The molecule has 1 heterocycles. The average molecular weight is 267 g/mol. The predicted octanol–water partition coefficient (Wildman–Crippen LogP) is 4.44. The lowest BCUT2D eigenvalue weighted by Gasteiger charge is -1.94. The maximum Gasteiger partial charge on any atom is 0.185 e. The van der Waals surface area contributed by atoms with Gasteiger partial charge < -0.3 is 0 Å². The molecule has 2 rings (SSSR count). The van der Waals surface area contributed by atoms with Crippen LogP contribution in [-0.4, -0.2) is 5.78 Å². The lowest BCUT2D eigenvalue weighted by molar-refractivity contribution is 0.104. The Morgan fingerprint density at radius 1 is 1.29 bits per heavy atom. The second-order valence-corrected chi connectivity index (χ2v) is 5.10. The van der Waals surface area contributed by atoms with Crippen LogP contribution in [0.25, 0.3) is 6.08 Å². The first-order chi connectivity index (χ1) is 8.15. The normalized spacial score (nSPS) is 10.9. The fraction of sp³-hybridized carbons (Fsp3) is 0. The van der Waals surface area contributed by atoms with Gasteiger partial charge in [0.1, 0.15) is 5.82 Å². The number of thiophene rings is 1. The fourth-order valence-corrected chi connectivity index (χ4v) is 2.28.